The van der Waals surface area contributed by atoms with Crippen molar-refractivity contribution in [2.24, 2.45) is 0 Å². The fourth-order valence-corrected chi connectivity index (χ4v) is 4.93. The van der Waals surface area contributed by atoms with Gasteiger partial charge in [-0.1, -0.05) is 48.5 Å². The van der Waals surface area contributed by atoms with Crippen LogP contribution in [0.4, 0.5) is 0 Å². The molecule has 2 N–H and O–H groups in total. The van der Waals surface area contributed by atoms with Gasteiger partial charge >= 0.3 is 0 Å². The summed E-state index contributed by atoms with van der Waals surface area (Å²) in [6.07, 6.45) is 8.66. The van der Waals surface area contributed by atoms with Crippen molar-refractivity contribution < 1.29 is 4.79 Å². The first kappa shape index (κ1) is 24.0. The van der Waals surface area contributed by atoms with Crippen LogP contribution in [0.25, 0.3) is 10.9 Å². The highest BCUT2D eigenvalue weighted by atomic mass is 35.5. The molecule has 0 bridgehead atoms. The number of H-pyrrole nitrogens is 1. The molecular weight excluding hydrogens is 446 g/mol. The van der Waals surface area contributed by atoms with Gasteiger partial charge in [0, 0.05) is 61.0 Å². The number of para-hydroxylation sites is 1. The SMILES string of the molecule is Cl.O=C(CC(c1cnc[nH]1)c1cn(Cc2ccccc2)c2ccccc12)NCCN1CCCC1. The van der Waals surface area contributed by atoms with E-state index in [2.05, 4.69) is 79.5 Å². The molecule has 1 fully saturated rings. The van der Waals surface area contributed by atoms with Crippen LogP contribution in [0.3, 0.4) is 0 Å². The summed E-state index contributed by atoms with van der Waals surface area (Å²) in [6, 6.07) is 18.9. The second kappa shape index (κ2) is 11.4. The van der Waals surface area contributed by atoms with Crippen molar-refractivity contribution in [1.29, 1.82) is 0 Å². The molecule has 1 unspecified atom stereocenters. The van der Waals surface area contributed by atoms with E-state index in [1.807, 2.05) is 12.3 Å². The Morgan fingerprint density at radius 1 is 1.06 bits per heavy atom. The van der Waals surface area contributed by atoms with Crippen LogP contribution in [0.2, 0.25) is 0 Å². The molecule has 2 aromatic heterocycles. The minimum absolute atomic E-state index is 0. The fraction of sp³-hybridized carbons (Fsp3) is 0.333. The van der Waals surface area contributed by atoms with Gasteiger partial charge < -0.3 is 19.8 Å². The molecule has 0 radical (unpaired) electrons. The lowest BCUT2D eigenvalue weighted by molar-refractivity contribution is -0.121. The van der Waals surface area contributed by atoms with Crippen molar-refractivity contribution in [2.45, 2.75) is 31.7 Å². The summed E-state index contributed by atoms with van der Waals surface area (Å²) < 4.78 is 2.29. The number of carbonyl (C=O) groups excluding carboxylic acids is 1. The molecule has 1 atom stereocenters. The maximum atomic E-state index is 13.0. The zero-order chi connectivity index (χ0) is 22.5. The highest BCUT2D eigenvalue weighted by Gasteiger charge is 2.24. The lowest BCUT2D eigenvalue weighted by Crippen LogP contribution is -2.34. The Morgan fingerprint density at radius 3 is 2.59 bits per heavy atom. The second-order valence-corrected chi connectivity index (χ2v) is 8.88. The predicted octanol–water partition coefficient (Wildman–Crippen LogP) is 4.57. The summed E-state index contributed by atoms with van der Waals surface area (Å²) in [7, 11) is 0. The lowest BCUT2D eigenvalue weighted by Gasteiger charge is -2.17. The Balaban J connectivity index is 0.00000274. The van der Waals surface area contributed by atoms with Crippen molar-refractivity contribution >= 4 is 29.2 Å². The van der Waals surface area contributed by atoms with Crippen LogP contribution >= 0.6 is 12.4 Å². The van der Waals surface area contributed by atoms with Crippen LogP contribution in [-0.2, 0) is 11.3 Å². The molecule has 4 aromatic rings. The van der Waals surface area contributed by atoms with Gasteiger partial charge in [0.25, 0.3) is 0 Å². The average Bonchev–Trinajstić information content (AvgIpc) is 3.61. The number of hydrogen-bond donors (Lipinski definition) is 2. The number of aromatic nitrogens is 3. The first-order valence-corrected chi connectivity index (χ1v) is 11.9. The molecule has 34 heavy (non-hydrogen) atoms. The smallest absolute Gasteiger partial charge is 0.221 e. The molecule has 3 heterocycles. The van der Waals surface area contributed by atoms with E-state index in [4.69, 9.17) is 0 Å². The number of hydrogen-bond acceptors (Lipinski definition) is 3. The second-order valence-electron chi connectivity index (χ2n) is 8.88. The van der Waals surface area contributed by atoms with Gasteiger partial charge in [0.1, 0.15) is 0 Å². The molecule has 178 valence electrons. The number of benzene rings is 2. The van der Waals surface area contributed by atoms with E-state index in [-0.39, 0.29) is 24.2 Å². The number of halogens is 1. The molecule has 0 saturated carbocycles. The van der Waals surface area contributed by atoms with Crippen molar-refractivity contribution in [1.82, 2.24) is 24.8 Å². The normalized spacial score (nSPS) is 14.7. The van der Waals surface area contributed by atoms with Crippen LogP contribution < -0.4 is 5.32 Å². The minimum Gasteiger partial charge on any atom is -0.355 e. The number of amides is 1. The van der Waals surface area contributed by atoms with E-state index in [9.17, 15) is 4.79 Å². The van der Waals surface area contributed by atoms with Crippen LogP contribution in [-0.4, -0.2) is 51.5 Å². The van der Waals surface area contributed by atoms with Gasteiger partial charge in [-0.15, -0.1) is 12.4 Å². The zero-order valence-corrected chi connectivity index (χ0v) is 20.1. The summed E-state index contributed by atoms with van der Waals surface area (Å²) in [5.74, 6) is -0.00472. The largest absolute Gasteiger partial charge is 0.355 e. The van der Waals surface area contributed by atoms with Gasteiger partial charge in [0.2, 0.25) is 5.91 Å². The van der Waals surface area contributed by atoms with Crippen molar-refractivity contribution in [3.05, 3.63) is 90.1 Å². The molecule has 5 rings (SSSR count). The number of carbonyl (C=O) groups is 1. The molecule has 1 saturated heterocycles. The molecule has 1 aliphatic rings. The van der Waals surface area contributed by atoms with E-state index in [1.165, 1.54) is 29.3 Å². The number of rotatable bonds is 9. The van der Waals surface area contributed by atoms with E-state index in [1.54, 1.807) is 6.33 Å². The monoisotopic (exact) mass is 477 g/mol. The maximum Gasteiger partial charge on any atom is 0.221 e. The maximum absolute atomic E-state index is 13.0. The summed E-state index contributed by atoms with van der Waals surface area (Å²) in [6.45, 7) is 4.71. The molecule has 1 amide bonds. The van der Waals surface area contributed by atoms with E-state index in [0.717, 1.165) is 37.4 Å². The summed E-state index contributed by atoms with van der Waals surface area (Å²) in [4.78, 5) is 22.9. The summed E-state index contributed by atoms with van der Waals surface area (Å²) >= 11 is 0. The Bertz CT molecular complexity index is 1180. The summed E-state index contributed by atoms with van der Waals surface area (Å²) in [5, 5.41) is 4.32. The van der Waals surface area contributed by atoms with Crippen LogP contribution in [0.1, 0.15) is 42.0 Å². The van der Waals surface area contributed by atoms with Gasteiger partial charge in [-0.25, -0.2) is 4.98 Å². The molecule has 7 heteroatoms. The van der Waals surface area contributed by atoms with Gasteiger partial charge in [-0.2, -0.15) is 0 Å². The fourth-order valence-electron chi connectivity index (χ4n) is 4.93. The molecule has 6 nitrogen and oxygen atoms in total. The van der Waals surface area contributed by atoms with Gasteiger partial charge in [-0.05, 0) is 43.1 Å². The number of imidazole rings is 1. The molecule has 2 aromatic carbocycles. The average molecular weight is 478 g/mol. The quantitative estimate of drug-likeness (QED) is 0.371. The number of aromatic amines is 1. The highest BCUT2D eigenvalue weighted by molar-refractivity contribution is 5.86. The lowest BCUT2D eigenvalue weighted by atomic mass is 9.92. The number of likely N-dealkylation sites (tertiary alicyclic amines) is 1. The van der Waals surface area contributed by atoms with E-state index in [0.29, 0.717) is 13.0 Å². The molecule has 0 aliphatic carbocycles. The van der Waals surface area contributed by atoms with Gasteiger partial charge in [0.05, 0.1) is 6.33 Å². The highest BCUT2D eigenvalue weighted by Crippen LogP contribution is 2.34. The third-order valence-corrected chi connectivity index (χ3v) is 6.62. The van der Waals surface area contributed by atoms with Crippen molar-refractivity contribution in [3.8, 4) is 0 Å². The Labute approximate surface area is 206 Å². The Hall–Kier alpha value is -3.09. The Kier molecular flexibility index (Phi) is 8.03. The van der Waals surface area contributed by atoms with Crippen LogP contribution in [0.5, 0.6) is 0 Å². The third-order valence-electron chi connectivity index (χ3n) is 6.62. The van der Waals surface area contributed by atoms with E-state index >= 15 is 0 Å². The van der Waals surface area contributed by atoms with E-state index < -0.39 is 0 Å². The zero-order valence-electron chi connectivity index (χ0n) is 19.3. The van der Waals surface area contributed by atoms with Crippen molar-refractivity contribution in [3.63, 3.8) is 0 Å². The van der Waals surface area contributed by atoms with Crippen LogP contribution in [0.15, 0.2) is 73.3 Å². The van der Waals surface area contributed by atoms with Crippen LogP contribution in [0, 0.1) is 0 Å². The summed E-state index contributed by atoms with van der Waals surface area (Å²) in [5.41, 5.74) is 4.55. The minimum atomic E-state index is -0.0822. The first-order valence-electron chi connectivity index (χ1n) is 11.9. The number of nitrogens with one attached hydrogen (secondary N) is 2. The first-order chi connectivity index (χ1) is 16.3. The molecular formula is C27H32ClN5O. The topological polar surface area (TPSA) is 66.0 Å². The van der Waals surface area contributed by atoms with Gasteiger partial charge in [-0.3, -0.25) is 4.79 Å². The molecule has 1 aliphatic heterocycles. The number of fused-ring (bicyclic) bond motifs is 1. The third kappa shape index (κ3) is 5.51. The van der Waals surface area contributed by atoms with Gasteiger partial charge in [0.15, 0.2) is 0 Å². The van der Waals surface area contributed by atoms with Crippen molar-refractivity contribution in [2.75, 3.05) is 26.2 Å². The standard InChI is InChI=1S/C27H31N5O.ClH/c33-27(29-12-15-31-13-6-7-14-31)16-23(25-17-28-20-30-25)24-19-32(18-21-8-2-1-3-9-21)26-11-5-4-10-22(24)26;/h1-5,8-11,17,19-20,23H,6-7,12-16,18H2,(H,28,30)(H,29,33);1H. The predicted molar refractivity (Wildman–Crippen MR) is 138 cm³/mol. The number of nitrogens with zero attached hydrogens (tertiary/aromatic N) is 3. The Morgan fingerprint density at radius 2 is 1.82 bits per heavy atom. The molecule has 0 spiro atoms.